The van der Waals surface area contributed by atoms with Gasteiger partial charge < -0.3 is 19.5 Å². The minimum atomic E-state index is -0.434. The van der Waals surface area contributed by atoms with Crippen molar-refractivity contribution in [1.82, 2.24) is 10.3 Å². The second kappa shape index (κ2) is 18.7. The quantitative estimate of drug-likeness (QED) is 0.240. The van der Waals surface area contributed by atoms with E-state index < -0.39 is 6.09 Å². The van der Waals surface area contributed by atoms with Crippen molar-refractivity contribution in [1.29, 1.82) is 0 Å². The lowest BCUT2D eigenvalue weighted by atomic mass is 10.1. The molecular weight excluding hydrogens is 416 g/mol. The van der Waals surface area contributed by atoms with Crippen molar-refractivity contribution in [3.63, 3.8) is 0 Å². The van der Waals surface area contributed by atoms with Gasteiger partial charge in [0, 0.05) is 18.7 Å². The van der Waals surface area contributed by atoms with Crippen molar-refractivity contribution >= 4 is 6.09 Å². The molecule has 0 saturated carbocycles. The Morgan fingerprint density at radius 3 is 2.36 bits per heavy atom. The van der Waals surface area contributed by atoms with Gasteiger partial charge in [0.15, 0.2) is 0 Å². The number of carbonyl (C=O) groups is 1. The first-order chi connectivity index (χ1) is 16.3. The molecule has 1 saturated heterocycles. The molecule has 33 heavy (non-hydrogen) atoms. The molecular formula is C27H46N2O4. The number of alkyl carbamates (subject to hydrolysis) is 1. The number of amides is 1. The van der Waals surface area contributed by atoms with Crippen LogP contribution in [0.1, 0.15) is 96.1 Å². The molecule has 1 aliphatic rings. The van der Waals surface area contributed by atoms with Crippen LogP contribution in [-0.4, -0.2) is 43.6 Å². The lowest BCUT2D eigenvalue weighted by molar-refractivity contribution is 0.0391. The number of carbonyl (C=O) groups excluding carboxylic acids is 1. The zero-order valence-electron chi connectivity index (χ0n) is 20.8. The van der Waals surface area contributed by atoms with E-state index in [9.17, 15) is 4.79 Å². The number of rotatable bonds is 19. The fourth-order valence-corrected chi connectivity index (χ4v) is 4.19. The lowest BCUT2D eigenvalue weighted by Gasteiger charge is -2.11. The van der Waals surface area contributed by atoms with Gasteiger partial charge in [0.2, 0.25) is 0 Å². The van der Waals surface area contributed by atoms with E-state index in [-0.39, 0.29) is 12.7 Å². The summed E-state index contributed by atoms with van der Waals surface area (Å²) in [5, 5.41) is 2.71. The molecule has 6 heteroatoms. The zero-order valence-corrected chi connectivity index (χ0v) is 20.8. The van der Waals surface area contributed by atoms with Gasteiger partial charge in [-0.2, -0.15) is 0 Å². The molecule has 1 N–H and O–H groups in total. The van der Waals surface area contributed by atoms with Gasteiger partial charge in [-0.1, -0.05) is 83.6 Å². The number of hydrogen-bond acceptors (Lipinski definition) is 5. The third-order valence-corrected chi connectivity index (χ3v) is 6.20. The Balaban J connectivity index is 1.34. The number of ether oxygens (including phenoxy) is 3. The topological polar surface area (TPSA) is 69.7 Å². The minimum Gasteiger partial charge on any atom is -0.447 e. The molecule has 0 bridgehead atoms. The highest BCUT2D eigenvalue weighted by molar-refractivity contribution is 5.67. The second-order valence-corrected chi connectivity index (χ2v) is 9.29. The lowest BCUT2D eigenvalue weighted by Crippen LogP contribution is -2.27. The average molecular weight is 463 g/mol. The highest BCUT2D eigenvalue weighted by Crippen LogP contribution is 2.20. The Morgan fingerprint density at radius 2 is 1.70 bits per heavy atom. The van der Waals surface area contributed by atoms with Gasteiger partial charge in [0.05, 0.1) is 31.6 Å². The molecule has 0 aliphatic carbocycles. The monoisotopic (exact) mass is 462 g/mol. The number of aromatic nitrogens is 1. The molecule has 6 nitrogen and oxygen atoms in total. The molecule has 2 rings (SSSR count). The number of nitrogens with zero attached hydrogens (tertiary/aromatic N) is 1. The van der Waals surface area contributed by atoms with E-state index in [4.69, 9.17) is 14.2 Å². The van der Waals surface area contributed by atoms with Gasteiger partial charge >= 0.3 is 6.09 Å². The summed E-state index contributed by atoms with van der Waals surface area (Å²) < 4.78 is 16.9. The first kappa shape index (κ1) is 27.6. The van der Waals surface area contributed by atoms with E-state index in [0.29, 0.717) is 19.1 Å². The Bertz CT molecular complexity index is 599. The van der Waals surface area contributed by atoms with Gasteiger partial charge in [-0.05, 0) is 25.0 Å². The Labute approximate surface area is 201 Å². The average Bonchev–Trinajstić information content (AvgIpc) is 3.30. The molecule has 1 fully saturated rings. The predicted molar refractivity (Wildman–Crippen MR) is 132 cm³/mol. The molecule has 1 aromatic heterocycles. The molecule has 0 aromatic carbocycles. The van der Waals surface area contributed by atoms with Crippen molar-refractivity contribution in [2.24, 2.45) is 5.92 Å². The van der Waals surface area contributed by atoms with Crippen LogP contribution in [0.2, 0.25) is 0 Å². The maximum atomic E-state index is 11.8. The number of pyridine rings is 1. The number of unbranched alkanes of at least 4 members (excludes halogenated alkanes) is 11. The van der Waals surface area contributed by atoms with E-state index in [0.717, 1.165) is 31.7 Å². The Kier molecular flexibility index (Phi) is 15.7. The highest BCUT2D eigenvalue weighted by atomic mass is 16.6. The van der Waals surface area contributed by atoms with Crippen molar-refractivity contribution in [2.45, 2.75) is 103 Å². The van der Waals surface area contributed by atoms with E-state index in [2.05, 4.69) is 17.2 Å². The molecule has 188 valence electrons. The summed E-state index contributed by atoms with van der Waals surface area (Å²) in [6.07, 6.45) is 18.4. The van der Waals surface area contributed by atoms with Crippen LogP contribution >= 0.6 is 0 Å². The second-order valence-electron chi connectivity index (χ2n) is 9.29. The largest absolute Gasteiger partial charge is 0.447 e. The van der Waals surface area contributed by atoms with Crippen LogP contribution in [0, 0.1) is 5.92 Å². The minimum absolute atomic E-state index is 0.0363. The molecule has 1 amide bonds. The molecule has 2 atom stereocenters. The van der Waals surface area contributed by atoms with E-state index in [1.165, 1.54) is 70.6 Å². The van der Waals surface area contributed by atoms with Gasteiger partial charge in [0.1, 0.15) is 6.61 Å². The Hall–Kier alpha value is -1.66. The molecule has 0 spiro atoms. The molecule has 0 radical (unpaired) electrons. The maximum absolute atomic E-state index is 11.8. The number of hydrogen-bond donors (Lipinski definition) is 1. The summed E-state index contributed by atoms with van der Waals surface area (Å²) in [6, 6.07) is 5.60. The van der Waals surface area contributed by atoms with Gasteiger partial charge in [-0.25, -0.2) is 4.79 Å². The van der Waals surface area contributed by atoms with Crippen LogP contribution in [0.25, 0.3) is 0 Å². The van der Waals surface area contributed by atoms with Crippen LogP contribution in [-0.2, 0) is 20.8 Å². The molecule has 2 heterocycles. The van der Waals surface area contributed by atoms with Crippen molar-refractivity contribution in [3.8, 4) is 0 Å². The summed E-state index contributed by atoms with van der Waals surface area (Å²) in [4.78, 5) is 16.0. The molecule has 1 aromatic rings. The normalized spacial score (nSPS) is 17.8. The van der Waals surface area contributed by atoms with Crippen LogP contribution < -0.4 is 5.32 Å². The maximum Gasteiger partial charge on any atom is 0.407 e. The first-order valence-corrected chi connectivity index (χ1v) is 13.3. The summed E-state index contributed by atoms with van der Waals surface area (Å²) in [6.45, 7) is 5.17. The van der Waals surface area contributed by atoms with Gasteiger partial charge in [-0.3, -0.25) is 4.98 Å². The summed E-state index contributed by atoms with van der Waals surface area (Å²) in [5.74, 6) is 0.396. The van der Waals surface area contributed by atoms with Crippen LogP contribution in [0.4, 0.5) is 4.79 Å². The standard InChI is InChI=1S/C27H46N2O4/c1-2-3-4-5-6-7-8-9-10-11-12-15-18-31-21-24-19-26(32-22-24)23-33-27(30)29-20-25-16-13-14-17-28-25/h13-14,16-17,24,26H,2-12,15,18-23H2,1H3,(H,29,30)/t24-,26-/m0/s1. The summed E-state index contributed by atoms with van der Waals surface area (Å²) >= 11 is 0. The fraction of sp³-hybridized carbons (Fsp3) is 0.778. The van der Waals surface area contributed by atoms with Crippen LogP contribution in [0.15, 0.2) is 24.4 Å². The summed E-state index contributed by atoms with van der Waals surface area (Å²) in [7, 11) is 0. The van der Waals surface area contributed by atoms with Crippen molar-refractivity contribution in [3.05, 3.63) is 30.1 Å². The van der Waals surface area contributed by atoms with Crippen molar-refractivity contribution in [2.75, 3.05) is 26.4 Å². The zero-order chi connectivity index (χ0) is 23.4. The number of nitrogens with one attached hydrogen (secondary N) is 1. The predicted octanol–water partition coefficient (Wildman–Crippen LogP) is 6.43. The Morgan fingerprint density at radius 1 is 1.00 bits per heavy atom. The van der Waals surface area contributed by atoms with Crippen LogP contribution in [0.5, 0.6) is 0 Å². The van der Waals surface area contributed by atoms with E-state index in [1.807, 2.05) is 18.2 Å². The van der Waals surface area contributed by atoms with Gasteiger partial charge in [0.25, 0.3) is 0 Å². The third-order valence-electron chi connectivity index (χ3n) is 6.20. The molecule has 1 aliphatic heterocycles. The van der Waals surface area contributed by atoms with E-state index in [1.54, 1.807) is 6.20 Å². The highest BCUT2D eigenvalue weighted by Gasteiger charge is 2.26. The third kappa shape index (κ3) is 14.3. The summed E-state index contributed by atoms with van der Waals surface area (Å²) in [5.41, 5.74) is 0.803. The van der Waals surface area contributed by atoms with E-state index >= 15 is 0 Å². The molecule has 0 unspecified atom stereocenters. The SMILES string of the molecule is CCCCCCCCCCCCCCOC[C@H]1CO[C@H](COC(=O)NCc2ccccn2)C1. The van der Waals surface area contributed by atoms with Gasteiger partial charge in [-0.15, -0.1) is 0 Å². The first-order valence-electron chi connectivity index (χ1n) is 13.3. The van der Waals surface area contributed by atoms with Crippen LogP contribution in [0.3, 0.4) is 0 Å². The van der Waals surface area contributed by atoms with Crippen molar-refractivity contribution < 1.29 is 19.0 Å². The smallest absolute Gasteiger partial charge is 0.407 e. The fourth-order valence-electron chi connectivity index (χ4n) is 4.19.